The van der Waals surface area contributed by atoms with Gasteiger partial charge in [0.2, 0.25) is 0 Å². The molecule has 15 heavy (non-hydrogen) atoms. The molecule has 1 heterocycles. The van der Waals surface area contributed by atoms with Gasteiger partial charge in [-0.25, -0.2) is 0 Å². The highest BCUT2D eigenvalue weighted by Gasteiger charge is 2.46. The van der Waals surface area contributed by atoms with E-state index in [1.807, 2.05) is 0 Å². The van der Waals surface area contributed by atoms with E-state index >= 15 is 0 Å². The first kappa shape index (κ1) is 10.9. The first-order valence-electron chi connectivity index (χ1n) is 5.71. The second kappa shape index (κ2) is 3.76. The van der Waals surface area contributed by atoms with Crippen LogP contribution in [-0.2, 0) is 4.79 Å². The summed E-state index contributed by atoms with van der Waals surface area (Å²) in [5.74, 6) is 0.104. The zero-order chi connectivity index (χ0) is 11.1. The van der Waals surface area contributed by atoms with E-state index in [2.05, 4.69) is 24.2 Å². The van der Waals surface area contributed by atoms with Crippen molar-refractivity contribution in [2.24, 2.45) is 5.92 Å². The molecule has 0 amide bonds. The lowest BCUT2D eigenvalue weighted by molar-refractivity contribution is -0.142. The zero-order valence-corrected chi connectivity index (χ0v) is 9.49. The summed E-state index contributed by atoms with van der Waals surface area (Å²) in [7, 11) is 2.08. The number of hydrogen-bond acceptors (Lipinski definition) is 3. The van der Waals surface area contributed by atoms with Crippen molar-refractivity contribution in [3.63, 3.8) is 0 Å². The van der Waals surface area contributed by atoms with Gasteiger partial charge in [-0.2, -0.15) is 0 Å². The molecule has 2 rings (SSSR count). The third-order valence-corrected chi connectivity index (χ3v) is 4.05. The Morgan fingerprint density at radius 2 is 2.20 bits per heavy atom. The van der Waals surface area contributed by atoms with Gasteiger partial charge in [0.25, 0.3) is 0 Å². The molecule has 1 aliphatic carbocycles. The first-order valence-corrected chi connectivity index (χ1v) is 5.71. The van der Waals surface area contributed by atoms with Crippen LogP contribution >= 0.6 is 0 Å². The Hall–Kier alpha value is -0.610. The van der Waals surface area contributed by atoms with E-state index in [0.717, 1.165) is 19.0 Å². The van der Waals surface area contributed by atoms with Crippen LogP contribution in [0.3, 0.4) is 0 Å². The fourth-order valence-electron chi connectivity index (χ4n) is 2.52. The maximum absolute atomic E-state index is 10.9. The van der Waals surface area contributed by atoms with Crippen LogP contribution in [0, 0.1) is 5.92 Å². The smallest absolute Gasteiger partial charge is 0.305 e. The number of carboxylic acids is 1. The number of likely N-dealkylation sites (N-methyl/N-ethyl adjacent to an activating group) is 1. The summed E-state index contributed by atoms with van der Waals surface area (Å²) in [6.07, 6.45) is 2.87. The van der Waals surface area contributed by atoms with Crippen molar-refractivity contribution >= 4 is 5.97 Å². The van der Waals surface area contributed by atoms with Gasteiger partial charge in [0.15, 0.2) is 0 Å². The highest BCUT2D eigenvalue weighted by atomic mass is 16.4. The van der Waals surface area contributed by atoms with Crippen molar-refractivity contribution in [1.29, 1.82) is 0 Å². The molecule has 4 heteroatoms. The Kier molecular flexibility index (Phi) is 2.73. The van der Waals surface area contributed by atoms with Crippen LogP contribution in [0.5, 0.6) is 0 Å². The van der Waals surface area contributed by atoms with Gasteiger partial charge in [0.1, 0.15) is 0 Å². The molecule has 0 aromatic rings. The normalized spacial score (nSPS) is 26.1. The Balaban J connectivity index is 2.00. The lowest BCUT2D eigenvalue weighted by Crippen LogP contribution is -2.70. The number of carboxylic acid groups (broad SMARTS) is 1. The SMILES string of the molecule is CC(C1CC1)N(C)C1(CC(=O)O)CNC1. The molecule has 1 aliphatic heterocycles. The molecule has 1 unspecified atom stereocenters. The topological polar surface area (TPSA) is 52.6 Å². The minimum Gasteiger partial charge on any atom is -0.481 e. The van der Waals surface area contributed by atoms with Crippen molar-refractivity contribution in [2.75, 3.05) is 20.1 Å². The maximum Gasteiger partial charge on any atom is 0.305 e. The Bertz CT molecular complexity index is 259. The summed E-state index contributed by atoms with van der Waals surface area (Å²) in [4.78, 5) is 13.2. The van der Waals surface area contributed by atoms with E-state index in [-0.39, 0.29) is 12.0 Å². The molecule has 0 aromatic carbocycles. The molecule has 2 aliphatic rings. The van der Waals surface area contributed by atoms with Crippen LogP contribution in [0.4, 0.5) is 0 Å². The summed E-state index contributed by atoms with van der Waals surface area (Å²) in [5.41, 5.74) is -0.131. The third kappa shape index (κ3) is 2.01. The standard InChI is InChI=1S/C11H20N2O2/c1-8(9-3-4-9)13(2)11(5-10(14)15)6-12-7-11/h8-9,12H,3-7H2,1-2H3,(H,14,15). The summed E-state index contributed by atoms with van der Waals surface area (Å²) >= 11 is 0. The molecule has 0 radical (unpaired) electrons. The first-order chi connectivity index (χ1) is 7.05. The minimum atomic E-state index is -0.689. The van der Waals surface area contributed by atoms with Crippen LogP contribution in [0.1, 0.15) is 26.2 Å². The average molecular weight is 212 g/mol. The van der Waals surface area contributed by atoms with Crippen molar-refractivity contribution in [1.82, 2.24) is 10.2 Å². The van der Waals surface area contributed by atoms with Crippen LogP contribution in [-0.4, -0.2) is 47.7 Å². The van der Waals surface area contributed by atoms with Crippen LogP contribution in [0.2, 0.25) is 0 Å². The van der Waals surface area contributed by atoms with E-state index in [1.165, 1.54) is 12.8 Å². The monoisotopic (exact) mass is 212 g/mol. The van der Waals surface area contributed by atoms with Crippen LogP contribution < -0.4 is 5.32 Å². The second-order valence-electron chi connectivity index (χ2n) is 5.09. The summed E-state index contributed by atoms with van der Waals surface area (Å²) in [6.45, 7) is 3.85. The number of rotatable bonds is 5. The van der Waals surface area contributed by atoms with Gasteiger partial charge in [-0.05, 0) is 32.7 Å². The number of nitrogens with one attached hydrogen (secondary N) is 1. The summed E-state index contributed by atoms with van der Waals surface area (Å²) in [6, 6.07) is 0.520. The number of aliphatic carboxylic acids is 1. The Morgan fingerprint density at radius 1 is 1.60 bits per heavy atom. The highest BCUT2D eigenvalue weighted by molar-refractivity contribution is 5.68. The highest BCUT2D eigenvalue weighted by Crippen LogP contribution is 2.38. The molecule has 2 N–H and O–H groups in total. The molecule has 1 saturated heterocycles. The fraction of sp³-hybridized carbons (Fsp3) is 0.909. The molecule has 86 valence electrons. The van der Waals surface area contributed by atoms with Gasteiger partial charge in [0, 0.05) is 19.1 Å². The van der Waals surface area contributed by atoms with E-state index < -0.39 is 5.97 Å². The van der Waals surface area contributed by atoms with Gasteiger partial charge in [-0.15, -0.1) is 0 Å². The minimum absolute atomic E-state index is 0.131. The predicted octanol–water partition coefficient (Wildman–Crippen LogP) is 0.533. The Morgan fingerprint density at radius 3 is 2.53 bits per heavy atom. The largest absolute Gasteiger partial charge is 0.481 e. The molecule has 1 atom stereocenters. The van der Waals surface area contributed by atoms with E-state index in [4.69, 9.17) is 5.11 Å². The van der Waals surface area contributed by atoms with Crippen LogP contribution in [0.15, 0.2) is 0 Å². The zero-order valence-electron chi connectivity index (χ0n) is 9.49. The van der Waals surface area contributed by atoms with Crippen molar-refractivity contribution in [2.45, 2.75) is 37.8 Å². The molecule has 0 spiro atoms. The van der Waals surface area contributed by atoms with Crippen LogP contribution in [0.25, 0.3) is 0 Å². The van der Waals surface area contributed by atoms with Crippen molar-refractivity contribution in [3.05, 3.63) is 0 Å². The number of carbonyl (C=O) groups is 1. The molecular weight excluding hydrogens is 192 g/mol. The lowest BCUT2D eigenvalue weighted by Gasteiger charge is -2.51. The van der Waals surface area contributed by atoms with Crippen molar-refractivity contribution < 1.29 is 9.90 Å². The lowest BCUT2D eigenvalue weighted by atomic mass is 9.85. The molecule has 4 nitrogen and oxygen atoms in total. The van der Waals surface area contributed by atoms with E-state index in [0.29, 0.717) is 6.04 Å². The predicted molar refractivity (Wildman–Crippen MR) is 57.8 cm³/mol. The van der Waals surface area contributed by atoms with E-state index in [9.17, 15) is 4.79 Å². The second-order valence-corrected chi connectivity index (χ2v) is 5.09. The number of hydrogen-bond donors (Lipinski definition) is 2. The van der Waals surface area contributed by atoms with Gasteiger partial charge < -0.3 is 10.4 Å². The molecule has 1 saturated carbocycles. The van der Waals surface area contributed by atoms with Gasteiger partial charge >= 0.3 is 5.97 Å². The maximum atomic E-state index is 10.9. The fourth-order valence-corrected chi connectivity index (χ4v) is 2.52. The molecule has 0 bridgehead atoms. The molecular formula is C11H20N2O2. The summed E-state index contributed by atoms with van der Waals surface area (Å²) in [5, 5.41) is 12.1. The molecule has 2 fully saturated rings. The van der Waals surface area contributed by atoms with Gasteiger partial charge in [0.05, 0.1) is 12.0 Å². The average Bonchev–Trinajstić information content (AvgIpc) is 2.91. The molecule has 0 aromatic heterocycles. The van der Waals surface area contributed by atoms with Gasteiger partial charge in [-0.3, -0.25) is 9.69 Å². The quantitative estimate of drug-likeness (QED) is 0.698. The van der Waals surface area contributed by atoms with E-state index in [1.54, 1.807) is 0 Å². The number of nitrogens with zero attached hydrogens (tertiary/aromatic N) is 1. The summed E-state index contributed by atoms with van der Waals surface area (Å²) < 4.78 is 0. The van der Waals surface area contributed by atoms with Gasteiger partial charge in [-0.1, -0.05) is 0 Å². The van der Waals surface area contributed by atoms with Crippen molar-refractivity contribution in [3.8, 4) is 0 Å². The third-order valence-electron chi connectivity index (χ3n) is 4.05. The Labute approximate surface area is 90.6 Å².